The molecule has 0 spiro atoms. The Balaban J connectivity index is 1.75. The van der Waals surface area contributed by atoms with Crippen LogP contribution in [0.2, 0.25) is 0 Å². The predicted octanol–water partition coefficient (Wildman–Crippen LogP) is 6.60. The molecular formula is C20H26. The van der Waals surface area contributed by atoms with Gasteiger partial charge in [0.15, 0.2) is 0 Å². The molecule has 0 aliphatic carbocycles. The molecule has 0 saturated carbocycles. The zero-order chi connectivity index (χ0) is 14.0. The zero-order valence-electron chi connectivity index (χ0n) is 12.6. The topological polar surface area (TPSA) is 0 Å². The first-order valence-electron chi connectivity index (χ1n) is 8.05. The number of fused-ring (bicyclic) bond motifs is 1. The van der Waals surface area contributed by atoms with Crippen molar-refractivity contribution >= 4 is 16.8 Å². The van der Waals surface area contributed by atoms with Crippen molar-refractivity contribution in [2.24, 2.45) is 0 Å². The Labute approximate surface area is 123 Å². The van der Waals surface area contributed by atoms with Crippen molar-refractivity contribution in [2.45, 2.75) is 51.9 Å². The average molecular weight is 266 g/mol. The van der Waals surface area contributed by atoms with Gasteiger partial charge >= 0.3 is 0 Å². The molecule has 0 atom stereocenters. The molecule has 106 valence electrons. The Morgan fingerprint density at radius 3 is 2.40 bits per heavy atom. The molecule has 0 saturated heterocycles. The number of hydrogen-bond donors (Lipinski definition) is 0. The third-order valence-electron chi connectivity index (χ3n) is 3.81. The van der Waals surface area contributed by atoms with E-state index < -0.39 is 0 Å². The van der Waals surface area contributed by atoms with E-state index in [0.29, 0.717) is 0 Å². The van der Waals surface area contributed by atoms with E-state index in [1.807, 2.05) is 0 Å². The normalized spacial score (nSPS) is 11.4. The van der Waals surface area contributed by atoms with E-state index in [-0.39, 0.29) is 0 Å². The summed E-state index contributed by atoms with van der Waals surface area (Å²) in [5, 5.41) is 2.65. The van der Waals surface area contributed by atoms with Gasteiger partial charge in [0.05, 0.1) is 0 Å². The summed E-state index contributed by atoms with van der Waals surface area (Å²) < 4.78 is 0. The van der Waals surface area contributed by atoms with Crippen molar-refractivity contribution in [1.82, 2.24) is 0 Å². The van der Waals surface area contributed by atoms with Crippen LogP contribution in [0.3, 0.4) is 0 Å². The predicted molar refractivity (Wildman–Crippen MR) is 91.0 cm³/mol. The summed E-state index contributed by atoms with van der Waals surface area (Å²) in [7, 11) is 0. The molecule has 0 fully saturated rings. The Hall–Kier alpha value is -1.56. The lowest BCUT2D eigenvalue weighted by Gasteiger charge is -2.00. The van der Waals surface area contributed by atoms with Gasteiger partial charge in [-0.1, -0.05) is 87.6 Å². The first kappa shape index (κ1) is 14.8. The third-order valence-corrected chi connectivity index (χ3v) is 3.81. The van der Waals surface area contributed by atoms with Crippen LogP contribution in [-0.4, -0.2) is 0 Å². The minimum atomic E-state index is 1.21. The van der Waals surface area contributed by atoms with Crippen LogP contribution in [0.1, 0.15) is 57.4 Å². The van der Waals surface area contributed by atoms with E-state index in [0.717, 1.165) is 0 Å². The molecule has 0 amide bonds. The largest absolute Gasteiger partial charge is 0.0839 e. The van der Waals surface area contributed by atoms with Gasteiger partial charge in [0, 0.05) is 0 Å². The van der Waals surface area contributed by atoms with Gasteiger partial charge in [-0.2, -0.15) is 0 Å². The highest BCUT2D eigenvalue weighted by atomic mass is 14.0. The van der Waals surface area contributed by atoms with Crippen LogP contribution in [0.4, 0.5) is 0 Å². The van der Waals surface area contributed by atoms with E-state index >= 15 is 0 Å². The number of benzene rings is 2. The van der Waals surface area contributed by atoms with Gasteiger partial charge in [-0.25, -0.2) is 0 Å². The minimum Gasteiger partial charge on any atom is -0.0839 e. The van der Waals surface area contributed by atoms with E-state index in [1.165, 1.54) is 61.3 Å². The highest BCUT2D eigenvalue weighted by molar-refractivity contribution is 5.84. The molecule has 0 N–H and O–H groups in total. The molecule has 0 bridgehead atoms. The molecule has 20 heavy (non-hydrogen) atoms. The van der Waals surface area contributed by atoms with Gasteiger partial charge in [0.2, 0.25) is 0 Å². The van der Waals surface area contributed by atoms with Gasteiger partial charge in [-0.05, 0) is 35.2 Å². The lowest BCUT2D eigenvalue weighted by molar-refractivity contribution is 0.611. The molecule has 2 rings (SSSR count). The SMILES string of the molecule is CCCCCCCC/C=C/c1ccc2ccccc2c1. The fourth-order valence-electron chi connectivity index (χ4n) is 2.57. The number of hydrogen-bond acceptors (Lipinski definition) is 0. The van der Waals surface area contributed by atoms with Crippen molar-refractivity contribution in [3.8, 4) is 0 Å². The van der Waals surface area contributed by atoms with Crippen LogP contribution < -0.4 is 0 Å². The first-order valence-corrected chi connectivity index (χ1v) is 8.05. The summed E-state index contributed by atoms with van der Waals surface area (Å²) in [5.74, 6) is 0. The van der Waals surface area contributed by atoms with Crippen LogP contribution >= 0.6 is 0 Å². The van der Waals surface area contributed by atoms with Gasteiger partial charge in [0.25, 0.3) is 0 Å². The first-order chi connectivity index (χ1) is 9.90. The fourth-order valence-corrected chi connectivity index (χ4v) is 2.57. The van der Waals surface area contributed by atoms with Crippen molar-refractivity contribution in [3.63, 3.8) is 0 Å². The average Bonchev–Trinajstić information content (AvgIpc) is 2.50. The molecule has 2 aromatic rings. The maximum absolute atomic E-state index is 2.32. The Morgan fingerprint density at radius 2 is 1.55 bits per heavy atom. The summed E-state index contributed by atoms with van der Waals surface area (Å²) in [6.45, 7) is 2.27. The number of allylic oxidation sites excluding steroid dienone is 1. The smallest absolute Gasteiger partial charge is 0.0178 e. The van der Waals surface area contributed by atoms with Crippen molar-refractivity contribution in [1.29, 1.82) is 0 Å². The van der Waals surface area contributed by atoms with Crippen LogP contribution in [-0.2, 0) is 0 Å². The zero-order valence-corrected chi connectivity index (χ0v) is 12.6. The van der Waals surface area contributed by atoms with Gasteiger partial charge in [-0.15, -0.1) is 0 Å². The second-order valence-corrected chi connectivity index (χ2v) is 5.57. The summed E-state index contributed by atoms with van der Waals surface area (Å²) in [4.78, 5) is 0. The highest BCUT2D eigenvalue weighted by Gasteiger charge is 1.93. The summed E-state index contributed by atoms with van der Waals surface area (Å²) in [6, 6.07) is 15.2. The van der Waals surface area contributed by atoms with Crippen LogP contribution in [0, 0.1) is 0 Å². The second kappa shape index (κ2) is 8.58. The Morgan fingerprint density at radius 1 is 0.800 bits per heavy atom. The minimum absolute atomic E-state index is 1.21. The molecule has 0 aliphatic rings. The lowest BCUT2D eigenvalue weighted by atomic mass is 10.1. The molecule has 0 aliphatic heterocycles. The van der Waals surface area contributed by atoms with Crippen molar-refractivity contribution in [3.05, 3.63) is 54.1 Å². The monoisotopic (exact) mass is 266 g/mol. The highest BCUT2D eigenvalue weighted by Crippen LogP contribution is 2.17. The fraction of sp³-hybridized carbons (Fsp3) is 0.400. The third kappa shape index (κ3) is 4.85. The van der Waals surface area contributed by atoms with Gasteiger partial charge in [-0.3, -0.25) is 0 Å². The molecule has 0 unspecified atom stereocenters. The number of rotatable bonds is 8. The summed E-state index contributed by atoms with van der Waals surface area (Å²) in [6.07, 6.45) is 14.0. The van der Waals surface area contributed by atoms with Crippen LogP contribution in [0.25, 0.3) is 16.8 Å². The van der Waals surface area contributed by atoms with E-state index in [4.69, 9.17) is 0 Å². The van der Waals surface area contributed by atoms with Crippen molar-refractivity contribution < 1.29 is 0 Å². The van der Waals surface area contributed by atoms with E-state index in [2.05, 4.69) is 61.5 Å². The van der Waals surface area contributed by atoms with Crippen LogP contribution in [0.15, 0.2) is 48.5 Å². The molecular weight excluding hydrogens is 240 g/mol. The standard InChI is InChI=1S/C20H26/c1-2-3-4-5-6-7-8-9-12-18-15-16-19-13-10-11-14-20(19)17-18/h9-17H,2-8H2,1H3/b12-9+. The number of unbranched alkanes of at least 4 members (excludes halogenated alkanes) is 6. The molecule has 0 nitrogen and oxygen atoms in total. The van der Waals surface area contributed by atoms with Gasteiger partial charge < -0.3 is 0 Å². The summed E-state index contributed by atoms with van der Waals surface area (Å²) >= 11 is 0. The Kier molecular flexibility index (Phi) is 6.37. The second-order valence-electron chi connectivity index (χ2n) is 5.57. The lowest BCUT2D eigenvalue weighted by Crippen LogP contribution is -1.78. The van der Waals surface area contributed by atoms with Gasteiger partial charge in [0.1, 0.15) is 0 Å². The maximum atomic E-state index is 2.32. The Bertz CT molecular complexity index is 536. The van der Waals surface area contributed by atoms with Crippen molar-refractivity contribution in [2.75, 3.05) is 0 Å². The summed E-state index contributed by atoms with van der Waals surface area (Å²) in [5.41, 5.74) is 1.31. The van der Waals surface area contributed by atoms with E-state index in [9.17, 15) is 0 Å². The quantitative estimate of drug-likeness (QED) is 0.472. The van der Waals surface area contributed by atoms with Crippen LogP contribution in [0.5, 0.6) is 0 Å². The molecule has 0 heterocycles. The molecule has 2 aromatic carbocycles. The maximum Gasteiger partial charge on any atom is -0.0178 e. The molecule has 0 aromatic heterocycles. The van der Waals surface area contributed by atoms with E-state index in [1.54, 1.807) is 0 Å². The molecule has 0 heteroatoms. The molecule has 0 radical (unpaired) electrons.